The lowest BCUT2D eigenvalue weighted by Crippen LogP contribution is -1.97. The molecule has 0 amide bonds. The van der Waals surface area contributed by atoms with Gasteiger partial charge in [0.1, 0.15) is 0 Å². The lowest BCUT2D eigenvalue weighted by molar-refractivity contribution is 0.696. The SMILES string of the molecule is [2H][C@H](CC)CCC(Sc1ccccc1)Sc1ccccc1. The summed E-state index contributed by atoms with van der Waals surface area (Å²) in [5.41, 5.74) is 0. The molecule has 0 N–H and O–H groups in total. The summed E-state index contributed by atoms with van der Waals surface area (Å²) in [4.78, 5) is 2.62. The summed E-state index contributed by atoms with van der Waals surface area (Å²) < 4.78 is 8.42. The maximum absolute atomic E-state index is 7.95. The Hall–Kier alpha value is -0.860. The van der Waals surface area contributed by atoms with Gasteiger partial charge in [-0.15, -0.1) is 23.5 Å². The maximum atomic E-state index is 7.95. The van der Waals surface area contributed by atoms with Gasteiger partial charge in [-0.25, -0.2) is 0 Å². The molecule has 2 aromatic carbocycles. The molecule has 0 unspecified atom stereocenters. The van der Waals surface area contributed by atoms with E-state index in [0.29, 0.717) is 4.58 Å². The van der Waals surface area contributed by atoms with Crippen molar-refractivity contribution >= 4 is 23.5 Å². The van der Waals surface area contributed by atoms with Crippen molar-refractivity contribution in [1.82, 2.24) is 0 Å². The minimum Gasteiger partial charge on any atom is -0.111 e. The molecule has 0 saturated heterocycles. The van der Waals surface area contributed by atoms with Crippen LogP contribution in [0.5, 0.6) is 0 Å². The monoisotopic (exact) mass is 303 g/mol. The molecule has 1 atom stereocenters. The minimum absolute atomic E-state index is 0.0697. The zero-order valence-electron chi connectivity index (χ0n) is 12.9. The average molecular weight is 304 g/mol. The highest BCUT2D eigenvalue weighted by Crippen LogP contribution is 2.38. The number of hydrogen-bond acceptors (Lipinski definition) is 2. The van der Waals surface area contributed by atoms with E-state index in [-0.39, 0.29) is 6.40 Å². The van der Waals surface area contributed by atoms with E-state index in [1.165, 1.54) is 9.79 Å². The molecule has 0 saturated carbocycles. The Labute approximate surface area is 132 Å². The molecule has 0 aromatic heterocycles. The Morgan fingerprint density at radius 1 is 0.900 bits per heavy atom. The van der Waals surface area contributed by atoms with Crippen LogP contribution in [0.2, 0.25) is 0 Å². The standard InChI is InChI=1S/C18H22S2/c1-2-3-6-15-18(19-16-11-7-4-8-12-16)20-17-13-9-5-10-14-17/h4-5,7-14,18H,2-3,6,15H2,1H3/i3D/t3-/m1/s1. The molecule has 2 aromatic rings. The van der Waals surface area contributed by atoms with Gasteiger partial charge in [-0.3, -0.25) is 0 Å². The summed E-state index contributed by atoms with van der Waals surface area (Å²) in [5, 5.41) is 0. The molecule has 0 heterocycles. The van der Waals surface area contributed by atoms with Crippen LogP contribution in [0, 0.1) is 0 Å². The van der Waals surface area contributed by atoms with Gasteiger partial charge in [0.25, 0.3) is 0 Å². The quantitative estimate of drug-likeness (QED) is 0.404. The number of rotatable bonds is 8. The van der Waals surface area contributed by atoms with E-state index in [9.17, 15) is 0 Å². The Morgan fingerprint density at radius 3 is 1.85 bits per heavy atom. The van der Waals surface area contributed by atoms with Gasteiger partial charge in [-0.2, -0.15) is 0 Å². The molecule has 0 aliphatic heterocycles. The third-order valence-corrected chi connectivity index (χ3v) is 5.58. The fraction of sp³-hybridized carbons (Fsp3) is 0.333. The Bertz CT molecular complexity index is 460. The molecule has 0 spiro atoms. The van der Waals surface area contributed by atoms with Crippen LogP contribution < -0.4 is 0 Å². The normalized spacial score (nSPS) is 13.2. The lowest BCUT2D eigenvalue weighted by atomic mass is 10.2. The second kappa shape index (κ2) is 9.15. The molecule has 2 heteroatoms. The van der Waals surface area contributed by atoms with Crippen LogP contribution in [-0.2, 0) is 0 Å². The molecule has 20 heavy (non-hydrogen) atoms. The summed E-state index contributed by atoms with van der Waals surface area (Å²) in [7, 11) is 0. The molecule has 0 aliphatic carbocycles. The van der Waals surface area contributed by atoms with Crippen LogP contribution >= 0.6 is 23.5 Å². The predicted molar refractivity (Wildman–Crippen MR) is 92.5 cm³/mol. The van der Waals surface area contributed by atoms with Crippen LogP contribution in [0.1, 0.15) is 34.0 Å². The van der Waals surface area contributed by atoms with Gasteiger partial charge in [0, 0.05) is 11.2 Å². The van der Waals surface area contributed by atoms with E-state index in [4.69, 9.17) is 1.37 Å². The van der Waals surface area contributed by atoms with Crippen LogP contribution in [0.15, 0.2) is 70.5 Å². The Kier molecular flexibility index (Phi) is 6.44. The zero-order chi connectivity index (χ0) is 14.9. The van der Waals surface area contributed by atoms with Crippen molar-refractivity contribution in [2.24, 2.45) is 0 Å². The number of hydrogen-bond donors (Lipinski definition) is 0. The van der Waals surface area contributed by atoms with Crippen LogP contribution in [-0.4, -0.2) is 4.58 Å². The van der Waals surface area contributed by atoms with E-state index < -0.39 is 0 Å². The fourth-order valence-electron chi connectivity index (χ4n) is 1.90. The maximum Gasteiger partial charge on any atom is 0.0596 e. The van der Waals surface area contributed by atoms with Crippen molar-refractivity contribution < 1.29 is 1.37 Å². The van der Waals surface area contributed by atoms with Crippen molar-refractivity contribution in [3.8, 4) is 0 Å². The first kappa shape index (κ1) is 14.1. The van der Waals surface area contributed by atoms with Gasteiger partial charge in [0.05, 0.1) is 4.58 Å². The van der Waals surface area contributed by atoms with Gasteiger partial charge in [-0.1, -0.05) is 62.6 Å². The van der Waals surface area contributed by atoms with Crippen molar-refractivity contribution in [3.05, 3.63) is 60.7 Å². The summed E-state index contributed by atoms with van der Waals surface area (Å²) in [6, 6.07) is 21.1. The van der Waals surface area contributed by atoms with E-state index in [0.717, 1.165) is 19.3 Å². The molecule has 0 nitrogen and oxygen atoms in total. The molecule has 106 valence electrons. The summed E-state index contributed by atoms with van der Waals surface area (Å²) in [5.74, 6) is 0. The van der Waals surface area contributed by atoms with E-state index in [1.807, 2.05) is 23.5 Å². The first-order valence-corrected chi connectivity index (χ1v) is 8.89. The van der Waals surface area contributed by atoms with Crippen molar-refractivity contribution in [3.63, 3.8) is 0 Å². The van der Waals surface area contributed by atoms with E-state index >= 15 is 0 Å². The van der Waals surface area contributed by atoms with Crippen molar-refractivity contribution in [1.29, 1.82) is 0 Å². The second-order valence-corrected chi connectivity index (χ2v) is 7.42. The summed E-state index contributed by atoms with van der Waals surface area (Å²) in [6.45, 7) is 2.10. The topological polar surface area (TPSA) is 0 Å². The first-order valence-electron chi connectivity index (χ1n) is 7.71. The average Bonchev–Trinajstić information content (AvgIpc) is 2.54. The minimum atomic E-state index is 0.0697. The largest absolute Gasteiger partial charge is 0.111 e. The van der Waals surface area contributed by atoms with Gasteiger partial charge in [0.15, 0.2) is 0 Å². The third-order valence-electron chi connectivity index (χ3n) is 2.92. The molecular formula is C18H22S2. The molecule has 0 aliphatic rings. The molecule has 0 fully saturated rings. The summed E-state index contributed by atoms with van der Waals surface area (Å²) in [6.07, 6.45) is 3.06. The first-order chi connectivity index (χ1) is 10.3. The molecule has 0 radical (unpaired) electrons. The summed E-state index contributed by atoms with van der Waals surface area (Å²) >= 11 is 3.83. The zero-order valence-corrected chi connectivity index (χ0v) is 13.5. The van der Waals surface area contributed by atoms with Gasteiger partial charge in [0.2, 0.25) is 0 Å². The van der Waals surface area contributed by atoms with E-state index in [1.54, 1.807) is 0 Å². The van der Waals surface area contributed by atoms with E-state index in [2.05, 4.69) is 67.6 Å². The Morgan fingerprint density at radius 2 is 1.40 bits per heavy atom. The van der Waals surface area contributed by atoms with Crippen molar-refractivity contribution in [2.75, 3.05) is 0 Å². The highest BCUT2D eigenvalue weighted by atomic mass is 32.2. The molecule has 2 rings (SSSR count). The van der Waals surface area contributed by atoms with Gasteiger partial charge in [-0.05, 0) is 30.7 Å². The third kappa shape index (κ3) is 5.64. The van der Waals surface area contributed by atoms with Gasteiger partial charge >= 0.3 is 0 Å². The molecular weight excluding hydrogens is 280 g/mol. The number of thioether (sulfide) groups is 2. The lowest BCUT2D eigenvalue weighted by Gasteiger charge is -2.16. The van der Waals surface area contributed by atoms with Crippen LogP contribution in [0.3, 0.4) is 0 Å². The van der Waals surface area contributed by atoms with Crippen LogP contribution in [0.4, 0.5) is 0 Å². The highest BCUT2D eigenvalue weighted by molar-refractivity contribution is 8.17. The fourth-order valence-corrected chi connectivity index (χ4v) is 4.50. The second-order valence-electron chi connectivity index (χ2n) is 4.57. The van der Waals surface area contributed by atoms with Gasteiger partial charge < -0.3 is 0 Å². The van der Waals surface area contributed by atoms with Crippen molar-refractivity contribution in [2.45, 2.75) is 47.0 Å². The predicted octanol–water partition coefficient (Wildman–Crippen LogP) is 6.48. The Balaban J connectivity index is 1.99. The highest BCUT2D eigenvalue weighted by Gasteiger charge is 2.11. The number of benzene rings is 2. The smallest absolute Gasteiger partial charge is 0.0596 e. The molecule has 0 bridgehead atoms. The van der Waals surface area contributed by atoms with Crippen LogP contribution in [0.25, 0.3) is 0 Å².